The lowest BCUT2D eigenvalue weighted by Crippen LogP contribution is -1.98. The number of benzene rings is 4. The molecule has 0 aliphatic heterocycles. The number of hydrogen-bond acceptors (Lipinski definition) is 6. The van der Waals surface area contributed by atoms with Gasteiger partial charge in [0.15, 0.2) is 0 Å². The maximum Gasteiger partial charge on any atom is 0.127 e. The van der Waals surface area contributed by atoms with Crippen LogP contribution in [-0.2, 0) is 0 Å². The van der Waals surface area contributed by atoms with Crippen molar-refractivity contribution < 1.29 is 9.47 Å². The molecule has 4 rings (SSSR count). The summed E-state index contributed by atoms with van der Waals surface area (Å²) in [6.45, 7) is 0. The molecule has 4 aromatic rings. The maximum absolute atomic E-state index is 5.94. The first-order chi connectivity index (χ1) is 16.6. The van der Waals surface area contributed by atoms with Crippen molar-refractivity contribution in [2.45, 2.75) is 0 Å². The third-order valence-electron chi connectivity index (χ3n) is 4.70. The fraction of sp³-hybridized carbons (Fsp3) is 0.0769. The van der Waals surface area contributed by atoms with E-state index in [1.807, 2.05) is 99.0 Å². The van der Waals surface area contributed by atoms with Crippen LogP contribution in [0.1, 0.15) is 0 Å². The number of hydrogen-bond donors (Lipinski definition) is 1. The fourth-order valence-electron chi connectivity index (χ4n) is 3.07. The van der Waals surface area contributed by atoms with Gasteiger partial charge in [-0.05, 0) is 83.9 Å². The summed E-state index contributed by atoms with van der Waals surface area (Å²) in [5.74, 6) is 8.00. The Labute approximate surface area is 197 Å². The third-order valence-corrected chi connectivity index (χ3v) is 4.70. The largest absolute Gasteiger partial charge is 0.457 e. The van der Waals surface area contributed by atoms with Crippen molar-refractivity contribution in [2.75, 3.05) is 14.1 Å². The van der Waals surface area contributed by atoms with Gasteiger partial charge in [-0.25, -0.2) is 0 Å². The summed E-state index contributed by atoms with van der Waals surface area (Å²) in [5, 5.41) is 16.8. The summed E-state index contributed by atoms with van der Waals surface area (Å²) >= 11 is 0. The lowest BCUT2D eigenvalue weighted by molar-refractivity contribution is 0.408. The van der Waals surface area contributed by atoms with Gasteiger partial charge in [-0.2, -0.15) is 0 Å². The summed E-state index contributed by atoms with van der Waals surface area (Å²) in [6.07, 6.45) is 0. The second-order valence-electron chi connectivity index (χ2n) is 7.49. The predicted octanol–water partition coefficient (Wildman–Crippen LogP) is 7.46. The minimum atomic E-state index is 0.668. The first kappa shape index (κ1) is 22.5. The first-order valence-corrected chi connectivity index (χ1v) is 10.6. The SMILES string of the molecule is CN(C)N=Nc1ccc(Oc2ccc(-c3ccc(Oc4ccc(N=NN)cc4)cc3)cc2)cc1. The van der Waals surface area contributed by atoms with E-state index in [4.69, 9.17) is 15.3 Å². The molecule has 8 nitrogen and oxygen atoms in total. The molecule has 0 fully saturated rings. The van der Waals surface area contributed by atoms with Gasteiger partial charge in [0.2, 0.25) is 0 Å². The second kappa shape index (κ2) is 10.7. The Morgan fingerprint density at radius 2 is 0.882 bits per heavy atom. The van der Waals surface area contributed by atoms with E-state index in [-0.39, 0.29) is 0 Å². The molecule has 0 radical (unpaired) electrons. The van der Waals surface area contributed by atoms with Crippen LogP contribution in [0.25, 0.3) is 11.1 Å². The van der Waals surface area contributed by atoms with Gasteiger partial charge in [-0.3, -0.25) is 5.01 Å². The molecule has 0 spiro atoms. The Balaban J connectivity index is 1.37. The highest BCUT2D eigenvalue weighted by molar-refractivity contribution is 5.65. The summed E-state index contributed by atoms with van der Waals surface area (Å²) in [7, 11) is 3.65. The van der Waals surface area contributed by atoms with Gasteiger partial charge >= 0.3 is 0 Å². The second-order valence-corrected chi connectivity index (χ2v) is 7.49. The molecule has 34 heavy (non-hydrogen) atoms. The Morgan fingerprint density at radius 3 is 1.24 bits per heavy atom. The van der Waals surface area contributed by atoms with Gasteiger partial charge in [0.1, 0.15) is 23.0 Å². The summed E-state index contributed by atoms with van der Waals surface area (Å²) in [4.78, 5) is 0. The molecular weight excluding hydrogens is 428 g/mol. The van der Waals surface area contributed by atoms with Crippen LogP contribution in [0, 0.1) is 0 Å². The van der Waals surface area contributed by atoms with Gasteiger partial charge in [0, 0.05) is 14.1 Å². The normalized spacial score (nSPS) is 11.1. The quantitative estimate of drug-likeness (QED) is 0.170. The van der Waals surface area contributed by atoms with Gasteiger partial charge in [-0.15, -0.1) is 10.2 Å². The van der Waals surface area contributed by atoms with Crippen molar-refractivity contribution in [3.8, 4) is 34.1 Å². The van der Waals surface area contributed by atoms with Crippen molar-refractivity contribution in [3.63, 3.8) is 0 Å². The summed E-state index contributed by atoms with van der Waals surface area (Å²) < 4.78 is 11.8. The number of nitrogens with two attached hydrogens (primary N) is 1. The number of nitrogens with zero attached hydrogens (tertiary/aromatic N) is 5. The molecule has 170 valence electrons. The lowest BCUT2D eigenvalue weighted by atomic mass is 10.1. The monoisotopic (exact) mass is 452 g/mol. The standard InChI is InChI=1S/C26H24N6O2/c1-32(2)31-29-22-9-17-26(18-10-22)34-24-13-5-20(6-14-24)19-3-11-23(12-4-19)33-25-15-7-21(8-16-25)28-30-27/h3-18H,1-2H3,(H2,27,28). The molecule has 4 aromatic carbocycles. The Hall–Kier alpha value is -4.72. The molecule has 8 heteroatoms. The molecule has 2 N–H and O–H groups in total. The molecule has 0 aliphatic carbocycles. The van der Waals surface area contributed by atoms with Gasteiger partial charge in [-0.1, -0.05) is 34.7 Å². The van der Waals surface area contributed by atoms with Crippen LogP contribution in [0.2, 0.25) is 0 Å². The molecule has 0 amide bonds. The molecule has 0 aliphatic rings. The van der Waals surface area contributed by atoms with E-state index >= 15 is 0 Å². The minimum Gasteiger partial charge on any atom is -0.457 e. The van der Waals surface area contributed by atoms with Crippen LogP contribution in [0.4, 0.5) is 11.4 Å². The van der Waals surface area contributed by atoms with Crippen molar-refractivity contribution in [1.29, 1.82) is 0 Å². The fourth-order valence-corrected chi connectivity index (χ4v) is 3.07. The number of rotatable bonds is 8. The zero-order valence-corrected chi connectivity index (χ0v) is 18.9. The Morgan fingerprint density at radius 1 is 0.529 bits per heavy atom. The van der Waals surface area contributed by atoms with Crippen molar-refractivity contribution in [2.24, 2.45) is 26.5 Å². The van der Waals surface area contributed by atoms with E-state index in [0.29, 0.717) is 11.4 Å². The van der Waals surface area contributed by atoms with Crippen molar-refractivity contribution >= 4 is 11.4 Å². The van der Waals surface area contributed by atoms with Crippen LogP contribution >= 0.6 is 0 Å². The van der Waals surface area contributed by atoms with Crippen LogP contribution in [-0.4, -0.2) is 19.1 Å². The van der Waals surface area contributed by atoms with Crippen LogP contribution < -0.4 is 15.3 Å². The molecule has 0 heterocycles. The average Bonchev–Trinajstić information content (AvgIpc) is 2.86. The number of ether oxygens (including phenoxy) is 2. The van der Waals surface area contributed by atoms with E-state index in [9.17, 15) is 0 Å². The molecule has 0 saturated heterocycles. The average molecular weight is 453 g/mol. The maximum atomic E-state index is 5.94. The topological polar surface area (TPSA) is 97.2 Å². The summed E-state index contributed by atoms with van der Waals surface area (Å²) in [6, 6.07) is 30.5. The van der Waals surface area contributed by atoms with Gasteiger partial charge in [0.25, 0.3) is 0 Å². The molecular formula is C26H24N6O2. The highest BCUT2D eigenvalue weighted by Gasteiger charge is 2.03. The van der Waals surface area contributed by atoms with Gasteiger partial charge in [0.05, 0.1) is 11.4 Å². The lowest BCUT2D eigenvalue weighted by Gasteiger charge is -2.09. The highest BCUT2D eigenvalue weighted by atomic mass is 16.5. The molecule has 0 unspecified atom stereocenters. The third kappa shape index (κ3) is 6.17. The molecule has 0 aromatic heterocycles. The molecule has 0 saturated carbocycles. The highest BCUT2D eigenvalue weighted by Crippen LogP contribution is 2.30. The molecule has 0 bridgehead atoms. The zero-order chi connectivity index (χ0) is 23.8. The van der Waals surface area contributed by atoms with E-state index in [1.54, 1.807) is 17.1 Å². The van der Waals surface area contributed by atoms with Crippen molar-refractivity contribution in [3.05, 3.63) is 97.1 Å². The minimum absolute atomic E-state index is 0.668. The van der Waals surface area contributed by atoms with Crippen LogP contribution in [0.15, 0.2) is 118 Å². The predicted molar refractivity (Wildman–Crippen MR) is 132 cm³/mol. The van der Waals surface area contributed by atoms with E-state index in [0.717, 1.165) is 34.1 Å². The Bertz CT molecular complexity index is 1250. The van der Waals surface area contributed by atoms with Gasteiger partial charge < -0.3 is 15.3 Å². The smallest absolute Gasteiger partial charge is 0.127 e. The van der Waals surface area contributed by atoms with Crippen molar-refractivity contribution in [1.82, 2.24) is 5.01 Å². The van der Waals surface area contributed by atoms with Crippen LogP contribution in [0.3, 0.4) is 0 Å². The van der Waals surface area contributed by atoms with E-state index in [1.165, 1.54) is 0 Å². The van der Waals surface area contributed by atoms with Crippen LogP contribution in [0.5, 0.6) is 23.0 Å². The first-order valence-electron chi connectivity index (χ1n) is 10.6. The van der Waals surface area contributed by atoms with E-state index in [2.05, 4.69) is 20.7 Å². The zero-order valence-electron chi connectivity index (χ0n) is 18.9. The summed E-state index contributed by atoms with van der Waals surface area (Å²) in [5.41, 5.74) is 3.59. The Kier molecular flexibility index (Phi) is 7.09. The van der Waals surface area contributed by atoms with E-state index < -0.39 is 0 Å². The molecule has 0 atom stereocenters.